The van der Waals surface area contributed by atoms with E-state index in [2.05, 4.69) is 165 Å². The molecule has 1 saturated carbocycles. The molecule has 0 saturated heterocycles. The molecular formula is C49H42ClN5O2. The number of hydrogen-bond acceptors (Lipinski definition) is 6. The van der Waals surface area contributed by atoms with Crippen LogP contribution in [0.5, 0.6) is 0 Å². The molecule has 8 heteroatoms. The van der Waals surface area contributed by atoms with Crippen LogP contribution in [0.1, 0.15) is 45.8 Å². The highest BCUT2D eigenvalue weighted by Gasteiger charge is 2.48. The molecule has 1 fully saturated rings. The molecule has 57 heavy (non-hydrogen) atoms. The fourth-order valence-electron chi connectivity index (χ4n) is 8.68. The Morgan fingerprint density at radius 1 is 0.544 bits per heavy atom. The zero-order valence-corrected chi connectivity index (χ0v) is 32.1. The zero-order valence-electron chi connectivity index (χ0n) is 31.3. The lowest BCUT2D eigenvalue weighted by atomic mass is 9.69. The summed E-state index contributed by atoms with van der Waals surface area (Å²) in [6.45, 7) is 0.864. The second-order valence-corrected chi connectivity index (χ2v) is 14.9. The van der Waals surface area contributed by atoms with E-state index in [0.717, 1.165) is 39.8 Å². The predicted molar refractivity (Wildman–Crippen MR) is 226 cm³/mol. The van der Waals surface area contributed by atoms with Crippen molar-refractivity contribution < 1.29 is 9.47 Å². The smallest absolute Gasteiger partial charge is 0.226 e. The van der Waals surface area contributed by atoms with Crippen molar-refractivity contribution in [2.45, 2.75) is 23.7 Å². The normalized spacial score (nSPS) is 17.0. The molecule has 0 amide bonds. The summed E-state index contributed by atoms with van der Waals surface area (Å²) in [5.74, 6) is 0.330. The monoisotopic (exact) mass is 767 g/mol. The summed E-state index contributed by atoms with van der Waals surface area (Å²) in [4.78, 5) is 13.5. The highest BCUT2D eigenvalue weighted by Crippen LogP contribution is 2.50. The van der Waals surface area contributed by atoms with Gasteiger partial charge < -0.3 is 19.8 Å². The summed E-state index contributed by atoms with van der Waals surface area (Å²) >= 11 is 6.39. The molecule has 0 aliphatic heterocycles. The zero-order chi connectivity index (χ0) is 38.7. The van der Waals surface area contributed by atoms with E-state index >= 15 is 0 Å². The quantitative estimate of drug-likeness (QED) is 0.0929. The number of nitrogens with two attached hydrogens (primary N) is 1. The summed E-state index contributed by atoms with van der Waals surface area (Å²) in [6.07, 6.45) is 2.60. The Hall–Kier alpha value is -6.12. The van der Waals surface area contributed by atoms with Crippen molar-refractivity contribution in [3.05, 3.63) is 227 Å². The first-order chi connectivity index (χ1) is 28.1. The number of fused-ring (bicyclic) bond motifs is 1. The number of ether oxygens (including phenoxy) is 2. The van der Waals surface area contributed by atoms with Crippen LogP contribution in [0.2, 0.25) is 5.28 Å². The Morgan fingerprint density at radius 3 is 1.30 bits per heavy atom. The first kappa shape index (κ1) is 36.5. The molecule has 3 atom stereocenters. The standard InChI is InChI=1S/C49H42ClN5O2/c50-47-53-45(51)44-46(54-47)55(34-52-44)43-31-35(32-56-48(36-19-7-1-8-20-36,37-21-9-2-10-22-37)38-23-11-3-12-24-38)42(43)33-57-49(39-25-13-4-14-26-39,40-27-15-5-16-28-40)41-29-17-6-18-30-41/h1-30,34-35,42-43H,31-33H2,(H2,51,53,54). The lowest BCUT2D eigenvalue weighted by molar-refractivity contribution is -0.104. The lowest BCUT2D eigenvalue weighted by Crippen LogP contribution is -2.47. The Bertz CT molecular complexity index is 2350. The van der Waals surface area contributed by atoms with Gasteiger partial charge in [0.25, 0.3) is 0 Å². The minimum absolute atomic E-state index is 0.0205. The molecule has 2 aromatic heterocycles. The third kappa shape index (κ3) is 6.68. The Labute approximate surface area is 337 Å². The molecule has 0 bridgehead atoms. The van der Waals surface area contributed by atoms with Gasteiger partial charge in [-0.15, -0.1) is 0 Å². The van der Waals surface area contributed by atoms with Crippen molar-refractivity contribution in [2.75, 3.05) is 18.9 Å². The fourth-order valence-corrected chi connectivity index (χ4v) is 8.85. The number of benzene rings is 6. The van der Waals surface area contributed by atoms with Crippen LogP contribution in [0.15, 0.2) is 188 Å². The van der Waals surface area contributed by atoms with Gasteiger partial charge in [-0.3, -0.25) is 0 Å². The summed E-state index contributed by atoms with van der Waals surface area (Å²) < 4.78 is 17.1. The predicted octanol–water partition coefficient (Wildman–Crippen LogP) is 10.3. The molecule has 8 aromatic rings. The van der Waals surface area contributed by atoms with E-state index in [-0.39, 0.29) is 29.0 Å². The molecule has 1 aliphatic carbocycles. The second-order valence-electron chi connectivity index (χ2n) is 14.6. The van der Waals surface area contributed by atoms with E-state index < -0.39 is 11.2 Å². The minimum atomic E-state index is -0.899. The van der Waals surface area contributed by atoms with Gasteiger partial charge in [-0.05, 0) is 57.3 Å². The van der Waals surface area contributed by atoms with Crippen molar-refractivity contribution in [3.8, 4) is 0 Å². The third-order valence-electron chi connectivity index (χ3n) is 11.5. The maximum atomic E-state index is 7.52. The third-order valence-corrected chi connectivity index (χ3v) is 11.7. The van der Waals surface area contributed by atoms with Gasteiger partial charge in [0, 0.05) is 12.0 Å². The molecule has 0 radical (unpaired) electrons. The van der Waals surface area contributed by atoms with Crippen LogP contribution >= 0.6 is 11.6 Å². The van der Waals surface area contributed by atoms with E-state index in [1.165, 1.54) is 0 Å². The Kier molecular flexibility index (Phi) is 10.1. The highest BCUT2D eigenvalue weighted by molar-refractivity contribution is 6.28. The largest absolute Gasteiger partial charge is 0.382 e. The van der Waals surface area contributed by atoms with E-state index in [4.69, 9.17) is 26.8 Å². The maximum absolute atomic E-state index is 7.52. The van der Waals surface area contributed by atoms with Crippen LogP contribution in [-0.4, -0.2) is 32.7 Å². The van der Waals surface area contributed by atoms with Gasteiger partial charge in [-0.2, -0.15) is 9.97 Å². The summed E-state index contributed by atoms with van der Waals surface area (Å²) in [7, 11) is 0. The van der Waals surface area contributed by atoms with E-state index in [1.807, 2.05) is 42.7 Å². The van der Waals surface area contributed by atoms with E-state index in [1.54, 1.807) is 0 Å². The van der Waals surface area contributed by atoms with Crippen molar-refractivity contribution in [1.29, 1.82) is 0 Å². The molecule has 3 unspecified atom stereocenters. The SMILES string of the molecule is Nc1nc(Cl)nc2c1ncn2C1CC(COC(c2ccccc2)(c2ccccc2)c2ccccc2)C1COC(c1ccccc1)(c1ccccc1)c1ccccc1. The van der Waals surface area contributed by atoms with Gasteiger partial charge in [0.05, 0.1) is 19.5 Å². The topological polar surface area (TPSA) is 88.1 Å². The average Bonchev–Trinajstić information content (AvgIpc) is 3.69. The van der Waals surface area contributed by atoms with Crippen molar-refractivity contribution in [2.24, 2.45) is 11.8 Å². The molecule has 2 heterocycles. The number of nitrogen functional groups attached to an aromatic ring is 1. The molecule has 0 spiro atoms. The molecular weight excluding hydrogens is 726 g/mol. The average molecular weight is 768 g/mol. The van der Waals surface area contributed by atoms with Crippen LogP contribution in [-0.2, 0) is 20.7 Å². The van der Waals surface area contributed by atoms with Crippen LogP contribution in [0, 0.1) is 11.8 Å². The van der Waals surface area contributed by atoms with Crippen LogP contribution in [0.4, 0.5) is 5.82 Å². The summed E-state index contributed by atoms with van der Waals surface area (Å²) in [5.41, 5.74) is 12.0. The summed E-state index contributed by atoms with van der Waals surface area (Å²) in [6, 6.07) is 63.0. The van der Waals surface area contributed by atoms with Gasteiger partial charge in [-0.1, -0.05) is 182 Å². The van der Waals surface area contributed by atoms with Crippen LogP contribution < -0.4 is 5.73 Å². The molecule has 9 rings (SSSR count). The number of imidazole rings is 1. The first-order valence-electron chi connectivity index (χ1n) is 19.3. The molecule has 282 valence electrons. The first-order valence-corrected chi connectivity index (χ1v) is 19.7. The number of rotatable bonds is 13. The van der Waals surface area contributed by atoms with Gasteiger partial charge in [0.2, 0.25) is 5.28 Å². The number of nitrogens with zero attached hydrogens (tertiary/aromatic N) is 4. The van der Waals surface area contributed by atoms with Crippen molar-refractivity contribution >= 4 is 28.6 Å². The molecule has 7 nitrogen and oxygen atoms in total. The Balaban J connectivity index is 1.14. The van der Waals surface area contributed by atoms with Gasteiger partial charge in [0.15, 0.2) is 11.5 Å². The van der Waals surface area contributed by atoms with Crippen molar-refractivity contribution in [3.63, 3.8) is 0 Å². The lowest BCUT2D eigenvalue weighted by Gasteiger charge is -2.48. The van der Waals surface area contributed by atoms with Crippen molar-refractivity contribution in [1.82, 2.24) is 19.5 Å². The molecule has 6 aromatic carbocycles. The fraction of sp³-hybridized carbons (Fsp3) is 0.163. The van der Waals surface area contributed by atoms with Crippen LogP contribution in [0.3, 0.4) is 0 Å². The molecule has 2 N–H and O–H groups in total. The van der Waals surface area contributed by atoms with Gasteiger partial charge in [0.1, 0.15) is 16.7 Å². The minimum Gasteiger partial charge on any atom is -0.382 e. The van der Waals surface area contributed by atoms with E-state index in [9.17, 15) is 0 Å². The highest BCUT2D eigenvalue weighted by atomic mass is 35.5. The number of anilines is 1. The number of hydrogen-bond donors (Lipinski definition) is 1. The van der Waals surface area contributed by atoms with Crippen LogP contribution in [0.25, 0.3) is 11.2 Å². The molecule has 1 aliphatic rings. The summed E-state index contributed by atoms with van der Waals surface area (Å²) in [5, 5.41) is 0.0865. The second kappa shape index (κ2) is 15.8. The van der Waals surface area contributed by atoms with Gasteiger partial charge in [-0.25, -0.2) is 4.98 Å². The number of halogens is 1. The maximum Gasteiger partial charge on any atom is 0.226 e. The Morgan fingerprint density at radius 2 is 0.912 bits per heavy atom. The van der Waals surface area contributed by atoms with Gasteiger partial charge >= 0.3 is 0 Å². The van der Waals surface area contributed by atoms with E-state index in [0.29, 0.717) is 24.4 Å². The number of aromatic nitrogens is 4.